The molecule has 2 fully saturated rings. The van der Waals surface area contributed by atoms with Gasteiger partial charge in [-0.3, -0.25) is 0 Å². The van der Waals surface area contributed by atoms with Crippen molar-refractivity contribution in [1.82, 2.24) is 0 Å². The fourth-order valence-electron chi connectivity index (χ4n) is 3.96. The van der Waals surface area contributed by atoms with Crippen LogP contribution in [-0.2, 0) is 0 Å². The zero-order chi connectivity index (χ0) is 12.4. The molecule has 0 spiro atoms. The summed E-state index contributed by atoms with van der Waals surface area (Å²) in [6.45, 7) is 4.66. The summed E-state index contributed by atoms with van der Waals surface area (Å²) in [7, 11) is 0. The predicted octanol–water partition coefficient (Wildman–Crippen LogP) is 2.90. The molecule has 6 atom stereocenters. The van der Waals surface area contributed by atoms with Gasteiger partial charge in [0.1, 0.15) is 0 Å². The lowest BCUT2D eigenvalue weighted by atomic mass is 9.71. The fourth-order valence-corrected chi connectivity index (χ4v) is 3.96. The van der Waals surface area contributed by atoms with Crippen LogP contribution in [0.15, 0.2) is 0 Å². The first-order valence-corrected chi connectivity index (χ1v) is 7.57. The Kier molecular flexibility index (Phi) is 4.48. The lowest BCUT2D eigenvalue weighted by molar-refractivity contribution is 0.169. The third-order valence-corrected chi connectivity index (χ3v) is 5.36. The molecule has 100 valence electrons. The van der Waals surface area contributed by atoms with E-state index >= 15 is 0 Å². The quantitative estimate of drug-likeness (QED) is 0.777. The Morgan fingerprint density at radius 2 is 1.18 bits per heavy atom. The van der Waals surface area contributed by atoms with Crippen molar-refractivity contribution >= 4 is 0 Å². The van der Waals surface area contributed by atoms with Gasteiger partial charge in [0.15, 0.2) is 0 Å². The molecule has 2 aliphatic carbocycles. The van der Waals surface area contributed by atoms with Crippen LogP contribution in [0.3, 0.4) is 0 Å². The lowest BCUT2D eigenvalue weighted by Crippen LogP contribution is -2.37. The Morgan fingerprint density at radius 3 is 1.53 bits per heavy atom. The molecule has 0 aromatic rings. The van der Waals surface area contributed by atoms with Gasteiger partial charge in [-0.25, -0.2) is 0 Å². The molecular weight excluding hydrogens is 208 g/mol. The first-order chi connectivity index (χ1) is 8.06. The van der Waals surface area contributed by atoms with Crippen LogP contribution in [-0.4, -0.2) is 12.1 Å². The molecule has 0 radical (unpaired) electrons. The molecule has 2 heteroatoms. The van der Waals surface area contributed by atoms with Crippen molar-refractivity contribution in [2.75, 3.05) is 0 Å². The van der Waals surface area contributed by atoms with E-state index in [1.165, 1.54) is 44.9 Å². The van der Waals surface area contributed by atoms with Gasteiger partial charge in [-0.1, -0.05) is 13.8 Å². The Morgan fingerprint density at radius 1 is 0.765 bits per heavy atom. The van der Waals surface area contributed by atoms with Crippen LogP contribution < -0.4 is 11.5 Å². The topological polar surface area (TPSA) is 52.0 Å². The average Bonchev–Trinajstić information content (AvgIpc) is 2.29. The predicted molar refractivity (Wildman–Crippen MR) is 73.6 cm³/mol. The standard InChI is InChI=1S/C15H30N2/c1-10-7-12(3-5-14(10)16)9-13-4-6-15(17)11(2)8-13/h10-15H,3-9,16-17H2,1-2H3/t10-,11+,12-,13-,14+,15+/m1/s1. The van der Waals surface area contributed by atoms with Crippen LogP contribution in [0, 0.1) is 23.7 Å². The van der Waals surface area contributed by atoms with E-state index in [-0.39, 0.29) is 0 Å². The van der Waals surface area contributed by atoms with E-state index in [4.69, 9.17) is 11.5 Å². The minimum atomic E-state index is 0.463. The molecule has 0 bridgehead atoms. The molecule has 0 saturated heterocycles. The minimum absolute atomic E-state index is 0.463. The highest BCUT2D eigenvalue weighted by molar-refractivity contribution is 4.85. The van der Waals surface area contributed by atoms with Crippen LogP contribution in [0.1, 0.15) is 58.8 Å². The van der Waals surface area contributed by atoms with E-state index < -0.39 is 0 Å². The van der Waals surface area contributed by atoms with Crippen LogP contribution in [0.2, 0.25) is 0 Å². The van der Waals surface area contributed by atoms with E-state index in [0.29, 0.717) is 12.1 Å². The third kappa shape index (κ3) is 3.45. The van der Waals surface area contributed by atoms with E-state index in [0.717, 1.165) is 23.7 Å². The van der Waals surface area contributed by atoms with Gasteiger partial charge in [0.2, 0.25) is 0 Å². The summed E-state index contributed by atoms with van der Waals surface area (Å²) in [6, 6.07) is 0.926. The van der Waals surface area contributed by atoms with Gasteiger partial charge in [-0.15, -0.1) is 0 Å². The third-order valence-electron chi connectivity index (χ3n) is 5.36. The van der Waals surface area contributed by atoms with Crippen LogP contribution >= 0.6 is 0 Å². The van der Waals surface area contributed by atoms with Crippen LogP contribution in [0.25, 0.3) is 0 Å². The van der Waals surface area contributed by atoms with Crippen molar-refractivity contribution in [3.63, 3.8) is 0 Å². The fraction of sp³-hybridized carbons (Fsp3) is 1.00. The molecule has 0 amide bonds. The van der Waals surface area contributed by atoms with Gasteiger partial charge < -0.3 is 11.5 Å². The molecule has 0 aromatic heterocycles. The van der Waals surface area contributed by atoms with Crippen molar-refractivity contribution in [2.24, 2.45) is 35.1 Å². The maximum atomic E-state index is 6.10. The average molecular weight is 238 g/mol. The Balaban J connectivity index is 1.78. The summed E-state index contributed by atoms with van der Waals surface area (Å²) in [5.74, 6) is 3.35. The van der Waals surface area contributed by atoms with E-state index in [9.17, 15) is 0 Å². The van der Waals surface area contributed by atoms with Crippen molar-refractivity contribution in [3.8, 4) is 0 Å². The highest BCUT2D eigenvalue weighted by atomic mass is 14.7. The molecule has 0 aliphatic heterocycles. The summed E-state index contributed by atoms with van der Waals surface area (Å²) >= 11 is 0. The SMILES string of the molecule is C[C@@H]1C[C@H](C[C@@H]2CC[C@H](N)[C@@H](C)C2)CC[C@@H]1N. The van der Waals surface area contributed by atoms with E-state index in [2.05, 4.69) is 13.8 Å². The van der Waals surface area contributed by atoms with Gasteiger partial charge in [-0.2, -0.15) is 0 Å². The second kappa shape index (κ2) is 5.71. The Hall–Kier alpha value is -0.0800. The smallest absolute Gasteiger partial charge is 0.00647 e. The van der Waals surface area contributed by atoms with Gasteiger partial charge in [0.25, 0.3) is 0 Å². The zero-order valence-electron chi connectivity index (χ0n) is 11.6. The summed E-state index contributed by atoms with van der Waals surface area (Å²) < 4.78 is 0. The first kappa shape index (κ1) is 13.4. The molecule has 2 saturated carbocycles. The van der Waals surface area contributed by atoms with E-state index in [1.807, 2.05) is 0 Å². The molecule has 17 heavy (non-hydrogen) atoms. The summed E-state index contributed by atoms with van der Waals surface area (Å²) in [5.41, 5.74) is 12.2. The van der Waals surface area contributed by atoms with E-state index in [1.54, 1.807) is 0 Å². The summed E-state index contributed by atoms with van der Waals surface area (Å²) in [6.07, 6.45) is 9.37. The molecule has 2 nitrogen and oxygen atoms in total. The van der Waals surface area contributed by atoms with Gasteiger partial charge in [-0.05, 0) is 68.6 Å². The van der Waals surface area contributed by atoms with Crippen molar-refractivity contribution in [3.05, 3.63) is 0 Å². The van der Waals surface area contributed by atoms with Gasteiger partial charge in [0.05, 0.1) is 0 Å². The number of nitrogens with two attached hydrogens (primary N) is 2. The van der Waals surface area contributed by atoms with Gasteiger partial charge in [0, 0.05) is 12.1 Å². The molecule has 2 rings (SSSR count). The summed E-state index contributed by atoms with van der Waals surface area (Å²) in [4.78, 5) is 0. The van der Waals surface area contributed by atoms with Crippen molar-refractivity contribution < 1.29 is 0 Å². The molecule has 2 aliphatic rings. The Bertz CT molecular complexity index is 217. The zero-order valence-corrected chi connectivity index (χ0v) is 11.6. The highest BCUT2D eigenvalue weighted by Gasteiger charge is 2.30. The second-order valence-corrected chi connectivity index (χ2v) is 6.88. The number of hydrogen-bond acceptors (Lipinski definition) is 2. The summed E-state index contributed by atoms with van der Waals surface area (Å²) in [5, 5.41) is 0. The van der Waals surface area contributed by atoms with Crippen molar-refractivity contribution in [1.29, 1.82) is 0 Å². The molecule has 0 unspecified atom stereocenters. The van der Waals surface area contributed by atoms with Crippen LogP contribution in [0.4, 0.5) is 0 Å². The molecule has 4 N–H and O–H groups in total. The van der Waals surface area contributed by atoms with Crippen molar-refractivity contribution in [2.45, 2.75) is 70.9 Å². The molecule has 0 heterocycles. The van der Waals surface area contributed by atoms with Gasteiger partial charge >= 0.3 is 0 Å². The normalized spacial score (nSPS) is 48.0. The molecular formula is C15H30N2. The lowest BCUT2D eigenvalue weighted by Gasteiger charge is -2.37. The Labute approximate surface area is 107 Å². The minimum Gasteiger partial charge on any atom is -0.327 e. The van der Waals surface area contributed by atoms with Crippen LogP contribution in [0.5, 0.6) is 0 Å². The maximum absolute atomic E-state index is 6.10. The highest BCUT2D eigenvalue weighted by Crippen LogP contribution is 2.38. The second-order valence-electron chi connectivity index (χ2n) is 6.88. The number of hydrogen-bond donors (Lipinski definition) is 2. The monoisotopic (exact) mass is 238 g/mol. The number of rotatable bonds is 2. The largest absolute Gasteiger partial charge is 0.327 e. The molecule has 0 aromatic carbocycles. The maximum Gasteiger partial charge on any atom is 0.00647 e. The first-order valence-electron chi connectivity index (χ1n) is 7.57.